The summed E-state index contributed by atoms with van der Waals surface area (Å²) in [7, 11) is -3.47. The van der Waals surface area contributed by atoms with Gasteiger partial charge in [0.2, 0.25) is 10.0 Å². The number of sulfonamides is 1. The monoisotopic (exact) mass is 364 g/mol. The van der Waals surface area contributed by atoms with Crippen LogP contribution in [0.3, 0.4) is 0 Å². The van der Waals surface area contributed by atoms with Gasteiger partial charge in [0.05, 0.1) is 11.1 Å². The molecule has 0 unspecified atom stereocenters. The summed E-state index contributed by atoms with van der Waals surface area (Å²) in [6.07, 6.45) is 5.53. The minimum Gasteiger partial charge on any atom is -0.367 e. The predicted molar refractivity (Wildman–Crippen MR) is 100 cm³/mol. The Balaban J connectivity index is 1.87. The Kier molecular flexibility index (Phi) is 7.48. The second-order valence-corrected chi connectivity index (χ2v) is 7.78. The Hall–Kier alpha value is -1.84. The van der Waals surface area contributed by atoms with Crippen molar-refractivity contribution in [1.82, 2.24) is 4.31 Å². The lowest BCUT2D eigenvalue weighted by Crippen LogP contribution is -2.48. The molecule has 0 N–H and O–H groups in total. The standard InChI is InChI=1S/C19H25FN2O2S/c1-2-3-4-5-6-7-10-17-25(23,24)22-15-13-21(14-16-22)19-12-9-8-11-18(19)20/h8-12,17H,2-5,13-16H2,1H3/b17-10+. The number of hydrogen-bond donors (Lipinski definition) is 0. The first kappa shape index (κ1) is 19.5. The van der Waals surface area contributed by atoms with Gasteiger partial charge in [-0.15, -0.1) is 0 Å². The van der Waals surface area contributed by atoms with E-state index in [9.17, 15) is 12.8 Å². The summed E-state index contributed by atoms with van der Waals surface area (Å²) >= 11 is 0. The molecule has 1 fully saturated rings. The maximum atomic E-state index is 13.8. The van der Waals surface area contributed by atoms with Crippen molar-refractivity contribution in [1.29, 1.82) is 0 Å². The molecule has 0 saturated carbocycles. The fourth-order valence-corrected chi connectivity index (χ4v) is 3.78. The molecule has 2 rings (SSSR count). The molecule has 0 amide bonds. The summed E-state index contributed by atoms with van der Waals surface area (Å²) in [4.78, 5) is 1.87. The summed E-state index contributed by atoms with van der Waals surface area (Å²) in [6.45, 7) is 3.75. The Labute approximate surface area is 150 Å². The van der Waals surface area contributed by atoms with Gasteiger partial charge in [-0.05, 0) is 18.6 Å². The number of anilines is 1. The van der Waals surface area contributed by atoms with Crippen molar-refractivity contribution in [3.05, 3.63) is 41.6 Å². The van der Waals surface area contributed by atoms with Crippen LogP contribution in [-0.2, 0) is 10.0 Å². The molecule has 1 aromatic carbocycles. The summed E-state index contributed by atoms with van der Waals surface area (Å²) < 4.78 is 39.9. The molecule has 0 aromatic heterocycles. The zero-order valence-corrected chi connectivity index (χ0v) is 15.4. The van der Waals surface area contributed by atoms with Crippen LogP contribution in [0.4, 0.5) is 10.1 Å². The van der Waals surface area contributed by atoms with Crippen molar-refractivity contribution >= 4 is 15.7 Å². The highest BCUT2D eigenvalue weighted by Crippen LogP contribution is 2.21. The van der Waals surface area contributed by atoms with Gasteiger partial charge in [-0.3, -0.25) is 0 Å². The van der Waals surface area contributed by atoms with Gasteiger partial charge >= 0.3 is 0 Å². The van der Waals surface area contributed by atoms with Gasteiger partial charge in [0.1, 0.15) is 5.82 Å². The number of hydrogen-bond acceptors (Lipinski definition) is 3. The number of unbranched alkanes of at least 4 members (excludes halogenated alkanes) is 3. The average molecular weight is 364 g/mol. The van der Waals surface area contributed by atoms with Crippen LogP contribution in [0.2, 0.25) is 0 Å². The number of rotatable bonds is 6. The van der Waals surface area contributed by atoms with Gasteiger partial charge < -0.3 is 4.90 Å². The predicted octanol–water partition coefficient (Wildman–Crippen LogP) is 3.37. The zero-order chi connectivity index (χ0) is 18.1. The highest BCUT2D eigenvalue weighted by Gasteiger charge is 2.25. The Morgan fingerprint density at radius 1 is 1.16 bits per heavy atom. The molecule has 136 valence electrons. The molecule has 1 aliphatic rings. The molecular weight excluding hydrogens is 339 g/mol. The van der Waals surface area contributed by atoms with E-state index in [1.54, 1.807) is 18.2 Å². The van der Waals surface area contributed by atoms with Crippen molar-refractivity contribution in [2.24, 2.45) is 0 Å². The minimum absolute atomic E-state index is 0.281. The lowest BCUT2D eigenvalue weighted by molar-refractivity contribution is 0.388. The number of piperazine rings is 1. The molecule has 6 heteroatoms. The van der Waals surface area contributed by atoms with Crippen molar-refractivity contribution in [3.8, 4) is 11.8 Å². The second-order valence-electron chi connectivity index (χ2n) is 5.96. The normalized spacial score (nSPS) is 16.0. The van der Waals surface area contributed by atoms with Crippen LogP contribution >= 0.6 is 0 Å². The number of para-hydroxylation sites is 1. The van der Waals surface area contributed by atoms with Gasteiger partial charge in [0, 0.05) is 38.7 Å². The van der Waals surface area contributed by atoms with Crippen LogP contribution < -0.4 is 4.90 Å². The second kappa shape index (κ2) is 9.59. The van der Waals surface area contributed by atoms with Crippen LogP contribution in [0.15, 0.2) is 35.7 Å². The van der Waals surface area contributed by atoms with Crippen LogP contribution in [0, 0.1) is 17.7 Å². The third-order valence-corrected chi connectivity index (χ3v) is 5.69. The van der Waals surface area contributed by atoms with Gasteiger partial charge in [0.25, 0.3) is 0 Å². The van der Waals surface area contributed by atoms with Gasteiger partial charge in [-0.1, -0.05) is 43.7 Å². The largest absolute Gasteiger partial charge is 0.367 e. The smallest absolute Gasteiger partial charge is 0.236 e. The van der Waals surface area contributed by atoms with Crippen molar-refractivity contribution in [2.45, 2.75) is 32.6 Å². The van der Waals surface area contributed by atoms with E-state index in [1.165, 1.54) is 21.9 Å². The van der Waals surface area contributed by atoms with E-state index in [1.807, 2.05) is 4.90 Å². The molecule has 0 radical (unpaired) electrons. The maximum Gasteiger partial charge on any atom is 0.236 e. The summed E-state index contributed by atoms with van der Waals surface area (Å²) in [5.41, 5.74) is 0.521. The van der Waals surface area contributed by atoms with Gasteiger partial charge in [-0.2, -0.15) is 4.31 Å². The highest BCUT2D eigenvalue weighted by molar-refractivity contribution is 7.92. The third-order valence-electron chi connectivity index (χ3n) is 4.12. The molecule has 1 heterocycles. The van der Waals surface area contributed by atoms with E-state index in [-0.39, 0.29) is 5.82 Å². The maximum absolute atomic E-state index is 13.8. The van der Waals surface area contributed by atoms with E-state index in [4.69, 9.17) is 0 Å². The van der Waals surface area contributed by atoms with E-state index in [0.29, 0.717) is 31.9 Å². The van der Waals surface area contributed by atoms with Crippen LogP contribution in [0.5, 0.6) is 0 Å². The highest BCUT2D eigenvalue weighted by atomic mass is 32.2. The molecule has 0 spiro atoms. The molecule has 4 nitrogen and oxygen atoms in total. The first-order valence-corrected chi connectivity index (χ1v) is 10.2. The summed E-state index contributed by atoms with van der Waals surface area (Å²) in [5, 5.41) is 1.17. The Bertz CT molecular complexity index is 742. The Morgan fingerprint density at radius 2 is 1.88 bits per heavy atom. The quantitative estimate of drug-likeness (QED) is 0.574. The number of allylic oxidation sites excluding steroid dienone is 1. The molecule has 25 heavy (non-hydrogen) atoms. The van der Waals surface area contributed by atoms with Crippen LogP contribution in [-0.4, -0.2) is 38.9 Å². The van der Waals surface area contributed by atoms with Crippen LogP contribution in [0.1, 0.15) is 32.6 Å². The molecule has 0 bridgehead atoms. The molecule has 0 atom stereocenters. The molecule has 1 saturated heterocycles. The lowest BCUT2D eigenvalue weighted by atomic mass is 10.2. The van der Waals surface area contributed by atoms with E-state index in [0.717, 1.165) is 25.7 Å². The first-order chi connectivity index (χ1) is 12.0. The fourth-order valence-electron chi connectivity index (χ4n) is 2.69. The van der Waals surface area contributed by atoms with E-state index in [2.05, 4.69) is 18.8 Å². The molecule has 0 aliphatic carbocycles. The first-order valence-electron chi connectivity index (χ1n) is 8.69. The van der Waals surface area contributed by atoms with Crippen molar-refractivity contribution in [2.75, 3.05) is 31.1 Å². The van der Waals surface area contributed by atoms with E-state index >= 15 is 0 Å². The summed E-state index contributed by atoms with van der Waals surface area (Å²) in [5.74, 6) is 5.47. The molecule has 1 aromatic rings. The van der Waals surface area contributed by atoms with Crippen molar-refractivity contribution < 1.29 is 12.8 Å². The minimum atomic E-state index is -3.47. The van der Waals surface area contributed by atoms with Crippen molar-refractivity contribution in [3.63, 3.8) is 0 Å². The average Bonchev–Trinajstić information content (AvgIpc) is 2.61. The summed E-state index contributed by atoms with van der Waals surface area (Å²) in [6, 6.07) is 6.56. The Morgan fingerprint density at radius 3 is 2.56 bits per heavy atom. The van der Waals surface area contributed by atoms with Crippen LogP contribution in [0.25, 0.3) is 0 Å². The fraction of sp³-hybridized carbons (Fsp3) is 0.474. The van der Waals surface area contributed by atoms with Gasteiger partial charge in [-0.25, -0.2) is 12.8 Å². The van der Waals surface area contributed by atoms with E-state index < -0.39 is 10.0 Å². The molecule has 1 aliphatic heterocycles. The topological polar surface area (TPSA) is 40.6 Å². The number of halogens is 1. The third kappa shape index (κ3) is 5.87. The lowest BCUT2D eigenvalue weighted by Gasteiger charge is -2.34. The SMILES string of the molecule is CCCCCC#C/C=C/S(=O)(=O)N1CCN(c2ccccc2F)CC1. The number of benzene rings is 1. The molecular formula is C19H25FN2O2S. The number of nitrogens with zero attached hydrogens (tertiary/aromatic N) is 2. The zero-order valence-electron chi connectivity index (χ0n) is 14.6. The van der Waals surface area contributed by atoms with Gasteiger partial charge in [0.15, 0.2) is 0 Å².